The van der Waals surface area contributed by atoms with Crippen LogP contribution in [0, 0.1) is 0 Å². The molecule has 0 unspecified atom stereocenters. The van der Waals surface area contributed by atoms with Crippen LogP contribution in [0.25, 0.3) is 0 Å². The van der Waals surface area contributed by atoms with Crippen molar-refractivity contribution in [1.82, 2.24) is 4.98 Å². The number of nitrogens with zero attached hydrogens (tertiary/aromatic N) is 1. The topological polar surface area (TPSA) is 45.1 Å². The predicted octanol–water partition coefficient (Wildman–Crippen LogP) is 3.82. The summed E-state index contributed by atoms with van der Waals surface area (Å²) < 4.78 is 0.677. The number of phenolic OH excluding ortho intramolecular Hbond substituents is 1. The van der Waals surface area contributed by atoms with Crippen molar-refractivity contribution < 1.29 is 5.11 Å². The number of aromatic hydroxyl groups is 1. The SMILES string of the molecule is Oc1c(Br)cccc1CNc1cccc(Cl)n1. The largest absolute Gasteiger partial charge is 0.506 e. The molecule has 0 aliphatic carbocycles. The Balaban J connectivity index is 2.10. The van der Waals surface area contributed by atoms with E-state index in [9.17, 15) is 5.11 Å². The minimum absolute atomic E-state index is 0.238. The van der Waals surface area contributed by atoms with Gasteiger partial charge < -0.3 is 10.4 Å². The monoisotopic (exact) mass is 312 g/mol. The quantitative estimate of drug-likeness (QED) is 0.847. The van der Waals surface area contributed by atoms with Crippen LogP contribution in [0.1, 0.15) is 5.56 Å². The Hall–Kier alpha value is -1.26. The molecule has 88 valence electrons. The van der Waals surface area contributed by atoms with Crippen molar-refractivity contribution in [3.63, 3.8) is 0 Å². The average molecular weight is 314 g/mol. The van der Waals surface area contributed by atoms with E-state index in [1.807, 2.05) is 24.3 Å². The Bertz CT molecular complexity index is 534. The van der Waals surface area contributed by atoms with Crippen LogP contribution in [0.2, 0.25) is 5.15 Å². The summed E-state index contributed by atoms with van der Waals surface area (Å²) in [6.07, 6.45) is 0. The molecule has 0 spiro atoms. The zero-order chi connectivity index (χ0) is 12.3. The molecule has 0 saturated carbocycles. The van der Waals surface area contributed by atoms with Crippen LogP contribution in [0.3, 0.4) is 0 Å². The second-order valence-corrected chi connectivity index (χ2v) is 4.69. The van der Waals surface area contributed by atoms with Gasteiger partial charge >= 0.3 is 0 Å². The average Bonchev–Trinajstić information content (AvgIpc) is 2.31. The maximum Gasteiger partial charge on any atom is 0.134 e. The second kappa shape index (κ2) is 5.38. The predicted molar refractivity (Wildman–Crippen MR) is 72.4 cm³/mol. The van der Waals surface area contributed by atoms with E-state index in [0.717, 1.165) is 5.56 Å². The molecule has 0 saturated heterocycles. The summed E-state index contributed by atoms with van der Waals surface area (Å²) in [7, 11) is 0. The summed E-state index contributed by atoms with van der Waals surface area (Å²) in [6.45, 7) is 0.485. The molecule has 0 aliphatic rings. The Kier molecular flexibility index (Phi) is 3.86. The van der Waals surface area contributed by atoms with E-state index < -0.39 is 0 Å². The summed E-state index contributed by atoms with van der Waals surface area (Å²) in [6, 6.07) is 10.9. The first-order valence-electron chi connectivity index (χ1n) is 4.99. The number of halogens is 2. The van der Waals surface area contributed by atoms with Crippen LogP contribution < -0.4 is 5.32 Å². The number of hydrogen-bond donors (Lipinski definition) is 2. The second-order valence-electron chi connectivity index (χ2n) is 3.45. The van der Waals surface area contributed by atoms with E-state index in [0.29, 0.717) is 22.0 Å². The molecule has 1 aromatic heterocycles. The molecule has 2 N–H and O–H groups in total. The molecule has 5 heteroatoms. The first kappa shape index (κ1) is 12.2. The maximum absolute atomic E-state index is 9.80. The van der Waals surface area contributed by atoms with Crippen LogP contribution in [0.5, 0.6) is 5.75 Å². The number of benzene rings is 1. The maximum atomic E-state index is 9.80. The lowest BCUT2D eigenvalue weighted by atomic mass is 10.2. The van der Waals surface area contributed by atoms with Gasteiger partial charge in [0.1, 0.15) is 16.7 Å². The molecule has 0 fully saturated rings. The van der Waals surface area contributed by atoms with E-state index in [2.05, 4.69) is 26.2 Å². The number of rotatable bonds is 3. The minimum atomic E-state index is 0.238. The molecule has 2 aromatic rings. The van der Waals surface area contributed by atoms with Gasteiger partial charge in [0.25, 0.3) is 0 Å². The lowest BCUT2D eigenvalue weighted by Gasteiger charge is -2.08. The molecule has 1 aromatic carbocycles. The minimum Gasteiger partial charge on any atom is -0.506 e. The number of para-hydroxylation sites is 1. The zero-order valence-electron chi connectivity index (χ0n) is 8.82. The zero-order valence-corrected chi connectivity index (χ0v) is 11.2. The van der Waals surface area contributed by atoms with Crippen LogP contribution in [-0.4, -0.2) is 10.1 Å². The van der Waals surface area contributed by atoms with Crippen molar-refractivity contribution in [2.75, 3.05) is 5.32 Å². The fourth-order valence-corrected chi connectivity index (χ4v) is 1.97. The van der Waals surface area contributed by atoms with Crippen molar-refractivity contribution in [3.05, 3.63) is 51.6 Å². The molecule has 1 heterocycles. The first-order chi connectivity index (χ1) is 8.16. The highest BCUT2D eigenvalue weighted by Gasteiger charge is 2.04. The van der Waals surface area contributed by atoms with Crippen LogP contribution in [-0.2, 0) is 6.54 Å². The lowest BCUT2D eigenvalue weighted by Crippen LogP contribution is -2.01. The lowest BCUT2D eigenvalue weighted by molar-refractivity contribution is 0.465. The van der Waals surface area contributed by atoms with E-state index in [-0.39, 0.29) is 5.75 Å². The molecular formula is C12H10BrClN2O. The molecule has 0 bridgehead atoms. The number of phenols is 1. The summed E-state index contributed by atoms with van der Waals surface area (Å²) >= 11 is 9.04. The molecular weight excluding hydrogens is 304 g/mol. The van der Waals surface area contributed by atoms with Gasteiger partial charge in [-0.2, -0.15) is 0 Å². The Labute approximate surface area is 113 Å². The van der Waals surface area contributed by atoms with Gasteiger partial charge in [-0.1, -0.05) is 29.8 Å². The normalized spacial score (nSPS) is 10.2. The van der Waals surface area contributed by atoms with Crippen LogP contribution >= 0.6 is 27.5 Å². The van der Waals surface area contributed by atoms with Gasteiger partial charge in [0.2, 0.25) is 0 Å². The highest BCUT2D eigenvalue weighted by atomic mass is 79.9. The van der Waals surface area contributed by atoms with E-state index in [1.165, 1.54) is 0 Å². The van der Waals surface area contributed by atoms with Gasteiger partial charge in [-0.3, -0.25) is 0 Å². The molecule has 0 aliphatic heterocycles. The molecule has 0 atom stereocenters. The number of aromatic nitrogens is 1. The number of hydrogen-bond acceptors (Lipinski definition) is 3. The Morgan fingerprint density at radius 1 is 1.24 bits per heavy atom. The molecule has 17 heavy (non-hydrogen) atoms. The molecule has 3 nitrogen and oxygen atoms in total. The van der Waals surface area contributed by atoms with E-state index >= 15 is 0 Å². The highest BCUT2D eigenvalue weighted by Crippen LogP contribution is 2.27. The van der Waals surface area contributed by atoms with Crippen molar-refractivity contribution in [1.29, 1.82) is 0 Å². The van der Waals surface area contributed by atoms with E-state index in [1.54, 1.807) is 12.1 Å². The Morgan fingerprint density at radius 2 is 2.00 bits per heavy atom. The van der Waals surface area contributed by atoms with Gasteiger partial charge in [0, 0.05) is 12.1 Å². The van der Waals surface area contributed by atoms with Gasteiger partial charge in [-0.25, -0.2) is 4.98 Å². The fraction of sp³-hybridized carbons (Fsp3) is 0.0833. The van der Waals surface area contributed by atoms with Crippen molar-refractivity contribution in [3.8, 4) is 5.75 Å². The molecule has 0 radical (unpaired) electrons. The third-order valence-electron chi connectivity index (χ3n) is 2.25. The number of anilines is 1. The number of pyridine rings is 1. The van der Waals surface area contributed by atoms with Crippen molar-refractivity contribution in [2.45, 2.75) is 6.54 Å². The third-order valence-corrected chi connectivity index (χ3v) is 3.10. The van der Waals surface area contributed by atoms with E-state index in [4.69, 9.17) is 11.6 Å². The van der Waals surface area contributed by atoms with Crippen LogP contribution in [0.4, 0.5) is 5.82 Å². The van der Waals surface area contributed by atoms with Gasteiger partial charge in [-0.05, 0) is 34.1 Å². The Morgan fingerprint density at radius 3 is 2.76 bits per heavy atom. The van der Waals surface area contributed by atoms with Gasteiger partial charge in [-0.15, -0.1) is 0 Å². The number of nitrogens with one attached hydrogen (secondary N) is 1. The summed E-state index contributed by atoms with van der Waals surface area (Å²) in [5, 5.41) is 13.3. The van der Waals surface area contributed by atoms with Gasteiger partial charge in [0.15, 0.2) is 0 Å². The van der Waals surface area contributed by atoms with Crippen molar-refractivity contribution >= 4 is 33.3 Å². The standard InChI is InChI=1S/C12H10BrClN2O/c13-9-4-1-3-8(12(9)17)7-15-11-6-2-5-10(14)16-11/h1-6,17H,7H2,(H,15,16). The summed E-state index contributed by atoms with van der Waals surface area (Å²) in [4.78, 5) is 4.10. The van der Waals surface area contributed by atoms with Crippen molar-refractivity contribution in [2.24, 2.45) is 0 Å². The van der Waals surface area contributed by atoms with Gasteiger partial charge in [0.05, 0.1) is 4.47 Å². The molecule has 2 rings (SSSR count). The first-order valence-corrected chi connectivity index (χ1v) is 6.16. The smallest absolute Gasteiger partial charge is 0.134 e. The van der Waals surface area contributed by atoms with Crippen LogP contribution in [0.15, 0.2) is 40.9 Å². The molecule has 0 amide bonds. The summed E-state index contributed by atoms with van der Waals surface area (Å²) in [5.74, 6) is 0.916. The fourth-order valence-electron chi connectivity index (χ4n) is 1.40. The highest BCUT2D eigenvalue weighted by molar-refractivity contribution is 9.10. The summed E-state index contributed by atoms with van der Waals surface area (Å²) in [5.41, 5.74) is 0.793. The third kappa shape index (κ3) is 3.11.